The second kappa shape index (κ2) is 13.4. The molecule has 0 spiro atoms. The highest BCUT2D eigenvalue weighted by Gasteiger charge is 2.36. The lowest BCUT2D eigenvalue weighted by Gasteiger charge is -2.41. The Labute approximate surface area is 329 Å². The largest absolute Gasteiger partial charge is 0.306 e. The van der Waals surface area contributed by atoms with E-state index in [-0.39, 0.29) is 0 Å². The van der Waals surface area contributed by atoms with E-state index in [9.17, 15) is 0 Å². The number of hydrogen-bond donors (Lipinski definition) is 0. The van der Waals surface area contributed by atoms with Crippen LogP contribution in [0.2, 0.25) is 0 Å². The molecular formula is C48H31N9. The first-order valence-corrected chi connectivity index (χ1v) is 18.7. The van der Waals surface area contributed by atoms with Crippen molar-refractivity contribution in [3.63, 3.8) is 0 Å². The van der Waals surface area contributed by atoms with Gasteiger partial charge in [-0.1, -0.05) is 140 Å². The lowest BCUT2D eigenvalue weighted by atomic mass is 9.95. The fourth-order valence-electron chi connectivity index (χ4n) is 7.65. The topological polar surface area (TPSA) is 83.9 Å². The van der Waals surface area contributed by atoms with Gasteiger partial charge in [0.15, 0.2) is 17.5 Å². The molecule has 0 fully saturated rings. The number of nitrogens with zero attached hydrogens (tertiary/aromatic N) is 9. The van der Waals surface area contributed by atoms with Crippen LogP contribution in [-0.4, -0.2) is 40.3 Å². The Hall–Kier alpha value is -8.04. The first-order valence-electron chi connectivity index (χ1n) is 18.7. The second-order valence-corrected chi connectivity index (χ2v) is 13.7. The number of hydrogen-bond acceptors (Lipinski definition) is 9. The van der Waals surface area contributed by atoms with Crippen molar-refractivity contribution in [1.29, 1.82) is 0 Å². The summed E-state index contributed by atoms with van der Waals surface area (Å²) in [6, 6.07) is 64.3. The zero-order valence-corrected chi connectivity index (χ0v) is 30.4. The van der Waals surface area contributed by atoms with Crippen LogP contribution in [0.1, 0.15) is 16.7 Å². The van der Waals surface area contributed by atoms with Crippen LogP contribution in [0.25, 0.3) is 11.1 Å². The van der Waals surface area contributed by atoms with E-state index in [0.717, 1.165) is 61.9 Å². The van der Waals surface area contributed by atoms with Crippen LogP contribution in [0.15, 0.2) is 218 Å². The van der Waals surface area contributed by atoms with E-state index in [1.54, 1.807) is 4.90 Å². The fraction of sp³-hybridized carbons (Fsp3) is 0. The van der Waals surface area contributed by atoms with Crippen molar-refractivity contribution < 1.29 is 0 Å². The average molecular weight is 734 g/mol. The van der Waals surface area contributed by atoms with Gasteiger partial charge in [-0.15, -0.1) is 0 Å². The predicted molar refractivity (Wildman–Crippen MR) is 231 cm³/mol. The molecule has 0 saturated carbocycles. The Morgan fingerprint density at radius 1 is 0.281 bits per heavy atom. The summed E-state index contributed by atoms with van der Waals surface area (Å²) in [4.78, 5) is 36.1. The zero-order valence-electron chi connectivity index (χ0n) is 30.4. The van der Waals surface area contributed by atoms with Gasteiger partial charge in [0.2, 0.25) is 17.9 Å². The molecule has 0 bridgehead atoms. The van der Waals surface area contributed by atoms with Gasteiger partial charge >= 0.3 is 0 Å². The quantitative estimate of drug-likeness (QED) is 0.171. The highest BCUT2D eigenvalue weighted by molar-refractivity contribution is 6.34. The summed E-state index contributed by atoms with van der Waals surface area (Å²) in [5.74, 6) is 2.77. The van der Waals surface area contributed by atoms with E-state index in [2.05, 4.69) is 131 Å². The normalized spacial score (nSPS) is 15.2. The molecule has 9 nitrogen and oxygen atoms in total. The van der Waals surface area contributed by atoms with Crippen molar-refractivity contribution in [3.05, 3.63) is 205 Å². The Morgan fingerprint density at radius 2 is 0.684 bits per heavy atom. The molecule has 0 radical (unpaired) electrons. The number of fused-ring (bicyclic) bond motifs is 2. The first kappa shape index (κ1) is 32.4. The highest BCUT2D eigenvalue weighted by atomic mass is 15.5. The van der Waals surface area contributed by atoms with Crippen LogP contribution in [0, 0.1) is 0 Å². The van der Waals surface area contributed by atoms with Crippen molar-refractivity contribution in [2.45, 2.75) is 0 Å². The van der Waals surface area contributed by atoms with E-state index in [1.165, 1.54) is 0 Å². The Kier molecular flexibility index (Phi) is 7.60. The number of para-hydroxylation sites is 5. The molecule has 4 aliphatic heterocycles. The summed E-state index contributed by atoms with van der Waals surface area (Å²) in [6.07, 6.45) is 0. The smallest absolute Gasteiger partial charge is 0.243 e. The number of rotatable bonds is 6. The lowest BCUT2D eigenvalue weighted by molar-refractivity contribution is 0.828. The van der Waals surface area contributed by atoms with E-state index >= 15 is 0 Å². The van der Waals surface area contributed by atoms with E-state index < -0.39 is 0 Å². The number of guanidine groups is 3. The SMILES string of the molecule is c1ccc(C2=NC3=NC(c4ccccc4)=NC4=NC(c5cccc(-c6cccc7c6N(c6ccccc6)c6ccccc6N7c6ccccc6)c5)=NC(=N2)N34)cc1. The molecule has 0 atom stereocenters. The van der Waals surface area contributed by atoms with Gasteiger partial charge in [0.25, 0.3) is 0 Å². The maximum absolute atomic E-state index is 5.05. The van der Waals surface area contributed by atoms with Gasteiger partial charge in [0.1, 0.15) is 0 Å². The summed E-state index contributed by atoms with van der Waals surface area (Å²) in [6.45, 7) is 0. The van der Waals surface area contributed by atoms with Gasteiger partial charge in [-0.3, -0.25) is 0 Å². The standard InChI is InChI=1S/C48H31N9/c1-5-17-32(18-6-1)43-49-46-50-44(33-19-7-2-8-20-33)52-48-54-45(53-47(51-43)57(46)48)35-22-15-21-34(31-35)38-27-16-30-41-42(38)56(37-25-11-4-12-26-37)40-29-14-13-28-39(40)55(41)36-23-9-3-10-24-36/h1-31H. The molecular weight excluding hydrogens is 703 g/mol. The van der Waals surface area contributed by atoms with E-state index in [0.29, 0.717) is 35.4 Å². The molecule has 0 saturated heterocycles. The Balaban J connectivity index is 1.08. The second-order valence-electron chi connectivity index (χ2n) is 13.7. The Morgan fingerprint density at radius 3 is 1.25 bits per heavy atom. The van der Waals surface area contributed by atoms with Crippen molar-refractivity contribution in [1.82, 2.24) is 4.90 Å². The molecule has 11 rings (SSSR count). The molecule has 0 amide bonds. The lowest BCUT2D eigenvalue weighted by Crippen LogP contribution is -2.48. The molecule has 9 heteroatoms. The Bertz CT molecular complexity index is 2860. The van der Waals surface area contributed by atoms with Gasteiger partial charge < -0.3 is 9.80 Å². The summed E-state index contributed by atoms with van der Waals surface area (Å²) in [5.41, 5.74) is 11.1. The minimum Gasteiger partial charge on any atom is -0.306 e. The molecule has 7 aromatic carbocycles. The minimum absolute atomic E-state index is 0.409. The molecule has 0 aromatic heterocycles. The van der Waals surface area contributed by atoms with Crippen LogP contribution in [-0.2, 0) is 0 Å². The third-order valence-electron chi connectivity index (χ3n) is 10.2. The van der Waals surface area contributed by atoms with Crippen molar-refractivity contribution in [3.8, 4) is 11.1 Å². The number of anilines is 6. The van der Waals surface area contributed by atoms with Gasteiger partial charge in [-0.25, -0.2) is 4.90 Å². The van der Waals surface area contributed by atoms with Crippen LogP contribution in [0.4, 0.5) is 34.1 Å². The average Bonchev–Trinajstić information content (AvgIpc) is 3.29. The van der Waals surface area contributed by atoms with Crippen LogP contribution < -0.4 is 9.80 Å². The molecule has 4 heterocycles. The maximum atomic E-state index is 5.05. The van der Waals surface area contributed by atoms with Crippen LogP contribution in [0.5, 0.6) is 0 Å². The maximum Gasteiger partial charge on any atom is 0.243 e. The molecule has 4 aliphatic rings. The third-order valence-corrected chi connectivity index (χ3v) is 10.2. The van der Waals surface area contributed by atoms with Gasteiger partial charge in [0, 0.05) is 33.6 Å². The van der Waals surface area contributed by atoms with Gasteiger partial charge in [0.05, 0.1) is 22.7 Å². The van der Waals surface area contributed by atoms with Crippen molar-refractivity contribution >= 4 is 69.5 Å². The predicted octanol–water partition coefficient (Wildman–Crippen LogP) is 10.7. The number of amidine groups is 3. The van der Waals surface area contributed by atoms with Crippen LogP contribution in [0.3, 0.4) is 0 Å². The molecule has 57 heavy (non-hydrogen) atoms. The van der Waals surface area contributed by atoms with Gasteiger partial charge in [-0.2, -0.15) is 30.0 Å². The summed E-state index contributed by atoms with van der Waals surface area (Å²) in [7, 11) is 0. The zero-order chi connectivity index (χ0) is 37.7. The number of benzene rings is 7. The monoisotopic (exact) mass is 733 g/mol. The van der Waals surface area contributed by atoms with Crippen LogP contribution >= 0.6 is 0 Å². The number of aliphatic imine (C=N–C) groups is 6. The van der Waals surface area contributed by atoms with E-state index in [4.69, 9.17) is 30.0 Å². The highest BCUT2D eigenvalue weighted by Crippen LogP contribution is 2.56. The fourth-order valence-corrected chi connectivity index (χ4v) is 7.65. The molecule has 0 unspecified atom stereocenters. The van der Waals surface area contributed by atoms with Crippen molar-refractivity contribution in [2.75, 3.05) is 9.80 Å². The molecule has 0 N–H and O–H groups in total. The molecule has 0 aliphatic carbocycles. The van der Waals surface area contributed by atoms with Gasteiger partial charge in [-0.05, 0) is 54.1 Å². The third kappa shape index (κ3) is 5.56. The molecule has 268 valence electrons. The summed E-state index contributed by atoms with van der Waals surface area (Å²) >= 11 is 0. The van der Waals surface area contributed by atoms with Crippen molar-refractivity contribution in [2.24, 2.45) is 30.0 Å². The van der Waals surface area contributed by atoms with E-state index in [1.807, 2.05) is 66.7 Å². The first-order chi connectivity index (χ1) is 28.3. The summed E-state index contributed by atoms with van der Waals surface area (Å²) in [5, 5.41) is 0. The summed E-state index contributed by atoms with van der Waals surface area (Å²) < 4.78 is 0. The minimum atomic E-state index is 0.409. The molecule has 7 aromatic rings.